The third kappa shape index (κ3) is 3.26. The molecule has 5 nitrogen and oxygen atoms in total. The second-order valence-corrected chi connectivity index (χ2v) is 5.03. The fraction of sp³-hybridized carbons (Fsp3) is 0.833. The van der Waals surface area contributed by atoms with E-state index in [1.54, 1.807) is 13.4 Å². The maximum Gasteiger partial charge on any atom is 0.134 e. The van der Waals surface area contributed by atoms with Gasteiger partial charge in [-0.15, -0.1) is 10.2 Å². The van der Waals surface area contributed by atoms with Crippen LogP contribution < -0.4 is 5.73 Å². The molecule has 1 aromatic heterocycles. The van der Waals surface area contributed by atoms with Crippen molar-refractivity contribution in [3.8, 4) is 0 Å². The van der Waals surface area contributed by atoms with Gasteiger partial charge >= 0.3 is 0 Å². The van der Waals surface area contributed by atoms with E-state index in [2.05, 4.69) is 10.2 Å². The summed E-state index contributed by atoms with van der Waals surface area (Å²) in [5.41, 5.74) is 6.36. The van der Waals surface area contributed by atoms with E-state index < -0.39 is 0 Å². The molecule has 2 N–H and O–H groups in total. The number of hydrogen-bond donors (Lipinski definition) is 1. The van der Waals surface area contributed by atoms with Gasteiger partial charge in [-0.1, -0.05) is 19.3 Å². The lowest BCUT2D eigenvalue weighted by atomic mass is 9.80. The molecule has 0 unspecified atom stereocenters. The van der Waals surface area contributed by atoms with Gasteiger partial charge in [-0.05, 0) is 12.8 Å². The molecular formula is C12H22N4O. The highest BCUT2D eigenvalue weighted by Crippen LogP contribution is 2.28. The second kappa shape index (κ2) is 5.60. The first kappa shape index (κ1) is 12.5. The highest BCUT2D eigenvalue weighted by atomic mass is 16.5. The summed E-state index contributed by atoms with van der Waals surface area (Å²) in [6.07, 6.45) is 8.59. The van der Waals surface area contributed by atoms with E-state index in [-0.39, 0.29) is 5.54 Å². The number of rotatable bonds is 5. The summed E-state index contributed by atoms with van der Waals surface area (Å²) < 4.78 is 7.13. The first-order chi connectivity index (χ1) is 8.23. The largest absolute Gasteiger partial charge is 0.383 e. The Hall–Kier alpha value is -0.940. The summed E-state index contributed by atoms with van der Waals surface area (Å²) in [5, 5.41) is 8.16. The molecule has 0 aliphatic heterocycles. The zero-order chi connectivity index (χ0) is 12.1. The zero-order valence-corrected chi connectivity index (χ0v) is 10.6. The molecule has 1 saturated carbocycles. The SMILES string of the molecule is COCCn1cnnc1CC1(N)CCCCC1. The molecule has 1 aliphatic carbocycles. The number of nitrogens with zero attached hydrogens (tertiary/aromatic N) is 3. The Morgan fingerprint density at radius 3 is 2.88 bits per heavy atom. The molecule has 2 rings (SSSR count). The monoisotopic (exact) mass is 238 g/mol. The van der Waals surface area contributed by atoms with Gasteiger partial charge < -0.3 is 15.0 Å². The van der Waals surface area contributed by atoms with Crippen LogP contribution >= 0.6 is 0 Å². The van der Waals surface area contributed by atoms with Gasteiger partial charge in [-0.3, -0.25) is 0 Å². The fourth-order valence-corrected chi connectivity index (χ4v) is 2.54. The van der Waals surface area contributed by atoms with E-state index in [9.17, 15) is 0 Å². The van der Waals surface area contributed by atoms with Gasteiger partial charge in [-0.2, -0.15) is 0 Å². The summed E-state index contributed by atoms with van der Waals surface area (Å²) in [6.45, 7) is 1.48. The van der Waals surface area contributed by atoms with Crippen molar-refractivity contribution in [2.75, 3.05) is 13.7 Å². The molecule has 0 atom stereocenters. The summed E-state index contributed by atoms with van der Waals surface area (Å²) in [5.74, 6) is 0.992. The van der Waals surface area contributed by atoms with Crippen LogP contribution in [0, 0.1) is 0 Å². The van der Waals surface area contributed by atoms with Gasteiger partial charge in [-0.25, -0.2) is 0 Å². The van der Waals surface area contributed by atoms with Crippen molar-refractivity contribution in [3.63, 3.8) is 0 Å². The number of aromatic nitrogens is 3. The Labute approximate surface area is 102 Å². The van der Waals surface area contributed by atoms with Crippen molar-refractivity contribution in [3.05, 3.63) is 12.2 Å². The number of ether oxygens (including phenoxy) is 1. The van der Waals surface area contributed by atoms with Crippen molar-refractivity contribution < 1.29 is 4.74 Å². The van der Waals surface area contributed by atoms with Gasteiger partial charge in [0.25, 0.3) is 0 Å². The van der Waals surface area contributed by atoms with Crippen LogP contribution in [0.25, 0.3) is 0 Å². The first-order valence-corrected chi connectivity index (χ1v) is 6.38. The maximum atomic E-state index is 6.44. The Morgan fingerprint density at radius 2 is 2.18 bits per heavy atom. The smallest absolute Gasteiger partial charge is 0.134 e. The molecule has 17 heavy (non-hydrogen) atoms. The van der Waals surface area contributed by atoms with Crippen molar-refractivity contribution in [1.29, 1.82) is 0 Å². The minimum Gasteiger partial charge on any atom is -0.383 e. The maximum absolute atomic E-state index is 6.44. The molecule has 1 aromatic rings. The summed E-state index contributed by atoms with van der Waals surface area (Å²) in [6, 6.07) is 0. The molecule has 0 saturated heterocycles. The number of methoxy groups -OCH3 is 1. The zero-order valence-electron chi connectivity index (χ0n) is 10.6. The number of nitrogens with two attached hydrogens (primary N) is 1. The Kier molecular flexibility index (Phi) is 4.12. The van der Waals surface area contributed by atoms with Gasteiger partial charge in [0, 0.05) is 25.6 Å². The van der Waals surface area contributed by atoms with Crippen LogP contribution in [-0.2, 0) is 17.7 Å². The predicted molar refractivity (Wildman–Crippen MR) is 65.6 cm³/mol. The molecule has 0 spiro atoms. The van der Waals surface area contributed by atoms with Crippen molar-refractivity contribution in [1.82, 2.24) is 14.8 Å². The molecule has 0 aromatic carbocycles. The van der Waals surface area contributed by atoms with E-state index in [1.807, 2.05) is 4.57 Å². The highest BCUT2D eigenvalue weighted by molar-refractivity contribution is 4.99. The molecule has 1 aliphatic rings. The van der Waals surface area contributed by atoms with E-state index in [4.69, 9.17) is 10.5 Å². The molecule has 5 heteroatoms. The van der Waals surface area contributed by atoms with Crippen molar-refractivity contribution in [2.45, 2.75) is 50.6 Å². The van der Waals surface area contributed by atoms with Gasteiger partial charge in [0.2, 0.25) is 0 Å². The van der Waals surface area contributed by atoms with Crippen LogP contribution in [0.1, 0.15) is 37.9 Å². The van der Waals surface area contributed by atoms with Gasteiger partial charge in [0.05, 0.1) is 6.61 Å². The fourth-order valence-electron chi connectivity index (χ4n) is 2.54. The van der Waals surface area contributed by atoms with Crippen molar-refractivity contribution >= 4 is 0 Å². The topological polar surface area (TPSA) is 66.0 Å². The standard InChI is InChI=1S/C12H22N4O/c1-17-8-7-16-10-14-15-11(16)9-12(13)5-3-2-4-6-12/h10H,2-9,13H2,1H3. The third-order valence-corrected chi connectivity index (χ3v) is 3.59. The highest BCUT2D eigenvalue weighted by Gasteiger charge is 2.29. The first-order valence-electron chi connectivity index (χ1n) is 6.38. The molecular weight excluding hydrogens is 216 g/mol. The quantitative estimate of drug-likeness (QED) is 0.835. The van der Waals surface area contributed by atoms with Crippen LogP contribution in [-0.4, -0.2) is 34.0 Å². The average Bonchev–Trinajstić information content (AvgIpc) is 2.74. The Balaban J connectivity index is 1.99. The van der Waals surface area contributed by atoms with Crippen LogP contribution in [0.4, 0.5) is 0 Å². The molecule has 0 radical (unpaired) electrons. The van der Waals surface area contributed by atoms with E-state index >= 15 is 0 Å². The summed E-state index contributed by atoms with van der Waals surface area (Å²) in [7, 11) is 1.70. The second-order valence-electron chi connectivity index (χ2n) is 5.03. The molecule has 96 valence electrons. The average molecular weight is 238 g/mol. The lowest BCUT2D eigenvalue weighted by Gasteiger charge is -2.33. The summed E-state index contributed by atoms with van der Waals surface area (Å²) >= 11 is 0. The minimum atomic E-state index is -0.0733. The van der Waals surface area contributed by atoms with Gasteiger partial charge in [0.1, 0.15) is 12.2 Å². The summed E-state index contributed by atoms with van der Waals surface area (Å²) in [4.78, 5) is 0. The van der Waals surface area contributed by atoms with Crippen LogP contribution in [0.2, 0.25) is 0 Å². The predicted octanol–water partition coefficient (Wildman–Crippen LogP) is 1.13. The van der Waals surface area contributed by atoms with Crippen LogP contribution in [0.3, 0.4) is 0 Å². The van der Waals surface area contributed by atoms with E-state index in [0.29, 0.717) is 6.61 Å². The lowest BCUT2D eigenvalue weighted by Crippen LogP contribution is -2.44. The molecule has 1 fully saturated rings. The van der Waals surface area contributed by atoms with E-state index in [0.717, 1.165) is 31.6 Å². The Bertz CT molecular complexity index is 344. The van der Waals surface area contributed by atoms with E-state index in [1.165, 1.54) is 19.3 Å². The number of hydrogen-bond acceptors (Lipinski definition) is 4. The lowest BCUT2D eigenvalue weighted by molar-refractivity contribution is 0.185. The molecule has 0 bridgehead atoms. The minimum absolute atomic E-state index is 0.0733. The van der Waals surface area contributed by atoms with Crippen molar-refractivity contribution in [2.24, 2.45) is 5.73 Å². The Morgan fingerprint density at radius 1 is 1.41 bits per heavy atom. The normalized spacial score (nSPS) is 19.4. The molecule has 1 heterocycles. The van der Waals surface area contributed by atoms with Gasteiger partial charge in [0.15, 0.2) is 0 Å². The van der Waals surface area contributed by atoms with Crippen LogP contribution in [0.5, 0.6) is 0 Å². The van der Waals surface area contributed by atoms with Crippen LogP contribution in [0.15, 0.2) is 6.33 Å². The third-order valence-electron chi connectivity index (χ3n) is 3.59. The molecule has 0 amide bonds.